The Morgan fingerprint density at radius 3 is 2.43 bits per heavy atom. The summed E-state index contributed by atoms with van der Waals surface area (Å²) < 4.78 is 16.6. The van der Waals surface area contributed by atoms with Crippen LogP contribution in [0.1, 0.15) is 25.3 Å². The van der Waals surface area contributed by atoms with Gasteiger partial charge in [-0.15, -0.1) is 0 Å². The van der Waals surface area contributed by atoms with Gasteiger partial charge in [-0.3, -0.25) is 4.79 Å². The number of hydrogen-bond acceptors (Lipinski definition) is 5. The summed E-state index contributed by atoms with van der Waals surface area (Å²) in [4.78, 5) is 14.2. The van der Waals surface area contributed by atoms with E-state index in [1.54, 1.807) is 14.2 Å². The lowest BCUT2D eigenvalue weighted by atomic mass is 10.0. The first kappa shape index (κ1) is 17.3. The Balaban J connectivity index is 2.37. The van der Waals surface area contributed by atoms with Gasteiger partial charge in [-0.2, -0.15) is 0 Å². The van der Waals surface area contributed by atoms with E-state index in [9.17, 15) is 4.79 Å². The van der Waals surface area contributed by atoms with Crippen LogP contribution in [-0.4, -0.2) is 51.6 Å². The number of rotatable bonds is 6. The first-order chi connectivity index (χ1) is 11.1. The first-order valence-electron chi connectivity index (χ1n) is 7.90. The average Bonchev–Trinajstić information content (AvgIpc) is 2.56. The lowest BCUT2D eigenvalue weighted by molar-refractivity contribution is -0.117. The second-order valence-corrected chi connectivity index (χ2v) is 5.68. The maximum Gasteiger partial charge on any atom is 0.203 e. The molecule has 1 fully saturated rings. The minimum Gasteiger partial charge on any atom is -0.493 e. The molecule has 5 nitrogen and oxygen atoms in total. The third kappa shape index (κ3) is 4.26. The zero-order valence-corrected chi connectivity index (χ0v) is 14.3. The predicted octanol–water partition coefficient (Wildman–Crippen LogP) is 2.78. The zero-order valence-electron chi connectivity index (χ0n) is 14.3. The van der Waals surface area contributed by atoms with E-state index >= 15 is 0 Å². The molecule has 0 amide bonds. The number of benzene rings is 1. The highest BCUT2D eigenvalue weighted by Gasteiger charge is 2.19. The predicted molar refractivity (Wildman–Crippen MR) is 90.4 cm³/mol. The summed E-state index contributed by atoms with van der Waals surface area (Å²) in [6, 6.07) is 3.75. The Morgan fingerprint density at radius 2 is 1.87 bits per heavy atom. The quantitative estimate of drug-likeness (QED) is 0.755. The lowest BCUT2D eigenvalue weighted by Crippen LogP contribution is -2.32. The molecule has 1 aromatic carbocycles. The number of carbonyl (C=O) groups excluding carboxylic acids is 1. The van der Waals surface area contributed by atoms with Crippen molar-refractivity contribution in [3.63, 3.8) is 0 Å². The van der Waals surface area contributed by atoms with Crippen LogP contribution in [0.3, 0.4) is 0 Å². The maximum atomic E-state index is 12.1. The zero-order chi connectivity index (χ0) is 16.8. The summed E-state index contributed by atoms with van der Waals surface area (Å²) in [7, 11) is 5.22. The molecule has 2 rings (SSSR count). The molecule has 0 atom stereocenters. The highest BCUT2D eigenvalue weighted by Crippen LogP contribution is 2.39. The van der Waals surface area contributed by atoms with Crippen molar-refractivity contribution in [3.8, 4) is 17.2 Å². The molecule has 0 aromatic heterocycles. The average molecular weight is 319 g/mol. The first-order valence-corrected chi connectivity index (χ1v) is 7.90. The highest BCUT2D eigenvalue weighted by molar-refractivity contribution is 6.00. The standard InChI is InChI=1S/C18H25NO4/c1-5-8-23-18-16(21-3)10-13(11-17(18)22-4)9-14-12-19(2)7-6-15(14)20/h9-11H,5-8,12H2,1-4H3/b14-9+. The van der Waals surface area contributed by atoms with Gasteiger partial charge in [0.05, 0.1) is 20.8 Å². The number of Topliss-reactive ketones (excluding diaryl/α,β-unsaturated/α-hetero) is 1. The molecule has 126 valence electrons. The molecule has 5 heteroatoms. The number of methoxy groups -OCH3 is 2. The Hall–Kier alpha value is -2.01. The number of ether oxygens (including phenoxy) is 3. The van der Waals surface area contributed by atoms with Crippen molar-refractivity contribution in [3.05, 3.63) is 23.3 Å². The lowest BCUT2D eigenvalue weighted by Gasteiger charge is -2.23. The number of likely N-dealkylation sites (tertiary alicyclic amines) is 1. The van der Waals surface area contributed by atoms with Gasteiger partial charge >= 0.3 is 0 Å². The monoisotopic (exact) mass is 319 g/mol. The van der Waals surface area contributed by atoms with Crippen LogP contribution in [0.25, 0.3) is 6.08 Å². The molecular formula is C18H25NO4. The molecule has 0 spiro atoms. The third-order valence-corrected chi connectivity index (χ3v) is 3.79. The summed E-state index contributed by atoms with van der Waals surface area (Å²) in [5.74, 6) is 2.03. The molecule has 0 saturated carbocycles. The third-order valence-electron chi connectivity index (χ3n) is 3.79. The maximum absolute atomic E-state index is 12.1. The van der Waals surface area contributed by atoms with E-state index in [0.29, 0.717) is 36.8 Å². The van der Waals surface area contributed by atoms with Crippen molar-refractivity contribution in [2.24, 2.45) is 0 Å². The number of likely N-dealkylation sites (N-methyl/N-ethyl adjacent to an activating group) is 1. The van der Waals surface area contributed by atoms with E-state index in [0.717, 1.165) is 24.1 Å². The molecule has 1 aliphatic heterocycles. The second-order valence-electron chi connectivity index (χ2n) is 5.68. The summed E-state index contributed by atoms with van der Waals surface area (Å²) in [6.07, 6.45) is 3.37. The van der Waals surface area contributed by atoms with Gasteiger partial charge in [-0.25, -0.2) is 0 Å². The van der Waals surface area contributed by atoms with E-state index in [2.05, 4.69) is 4.90 Å². The van der Waals surface area contributed by atoms with Gasteiger partial charge in [0, 0.05) is 25.1 Å². The van der Waals surface area contributed by atoms with E-state index in [-0.39, 0.29) is 5.78 Å². The Morgan fingerprint density at radius 1 is 1.22 bits per heavy atom. The molecule has 1 saturated heterocycles. The molecule has 0 bridgehead atoms. The second kappa shape index (κ2) is 8.02. The fourth-order valence-electron chi connectivity index (χ4n) is 2.57. The molecule has 0 unspecified atom stereocenters. The number of carbonyl (C=O) groups is 1. The minimum atomic E-state index is 0.201. The summed E-state index contributed by atoms with van der Waals surface area (Å²) >= 11 is 0. The van der Waals surface area contributed by atoms with Crippen molar-refractivity contribution < 1.29 is 19.0 Å². The van der Waals surface area contributed by atoms with Gasteiger partial charge in [-0.1, -0.05) is 6.92 Å². The SMILES string of the molecule is CCCOc1c(OC)cc(/C=C2\CN(C)CCC2=O)cc1OC. The number of ketones is 1. The van der Waals surface area contributed by atoms with Gasteiger partial charge in [-0.05, 0) is 37.2 Å². The summed E-state index contributed by atoms with van der Waals surface area (Å²) in [5, 5.41) is 0. The molecule has 1 aromatic rings. The molecule has 23 heavy (non-hydrogen) atoms. The number of piperidine rings is 1. The molecule has 0 N–H and O–H groups in total. The van der Waals surface area contributed by atoms with Crippen molar-refractivity contribution in [2.45, 2.75) is 19.8 Å². The van der Waals surface area contributed by atoms with E-state index in [1.807, 2.05) is 32.2 Å². The van der Waals surface area contributed by atoms with Crippen LogP contribution >= 0.6 is 0 Å². The summed E-state index contributed by atoms with van der Waals surface area (Å²) in [6.45, 7) is 4.11. The molecule has 0 aliphatic carbocycles. The molecule has 0 radical (unpaired) electrons. The van der Waals surface area contributed by atoms with Crippen LogP contribution in [0.5, 0.6) is 17.2 Å². The normalized spacial score (nSPS) is 17.4. The topological polar surface area (TPSA) is 48.0 Å². The van der Waals surface area contributed by atoms with Gasteiger partial charge in [0.15, 0.2) is 17.3 Å². The van der Waals surface area contributed by atoms with E-state index in [1.165, 1.54) is 0 Å². The van der Waals surface area contributed by atoms with Crippen LogP contribution in [0.15, 0.2) is 17.7 Å². The Labute approximate surface area is 137 Å². The van der Waals surface area contributed by atoms with Gasteiger partial charge in [0.1, 0.15) is 0 Å². The van der Waals surface area contributed by atoms with Crippen LogP contribution < -0.4 is 14.2 Å². The minimum absolute atomic E-state index is 0.201. The molecule has 1 aliphatic rings. The smallest absolute Gasteiger partial charge is 0.203 e. The van der Waals surface area contributed by atoms with Crippen molar-refractivity contribution in [1.29, 1.82) is 0 Å². The Bertz CT molecular complexity index is 570. The highest BCUT2D eigenvalue weighted by atomic mass is 16.5. The number of hydrogen-bond donors (Lipinski definition) is 0. The fourth-order valence-corrected chi connectivity index (χ4v) is 2.57. The van der Waals surface area contributed by atoms with E-state index < -0.39 is 0 Å². The van der Waals surface area contributed by atoms with Crippen molar-refractivity contribution in [1.82, 2.24) is 4.90 Å². The van der Waals surface area contributed by atoms with Gasteiger partial charge < -0.3 is 19.1 Å². The van der Waals surface area contributed by atoms with Crippen LogP contribution in [-0.2, 0) is 4.79 Å². The van der Waals surface area contributed by atoms with Gasteiger partial charge in [0.25, 0.3) is 0 Å². The fraction of sp³-hybridized carbons (Fsp3) is 0.500. The van der Waals surface area contributed by atoms with Crippen molar-refractivity contribution in [2.75, 3.05) is 41.0 Å². The van der Waals surface area contributed by atoms with E-state index in [4.69, 9.17) is 14.2 Å². The van der Waals surface area contributed by atoms with Crippen LogP contribution in [0, 0.1) is 0 Å². The number of nitrogens with zero attached hydrogens (tertiary/aromatic N) is 1. The van der Waals surface area contributed by atoms with Gasteiger partial charge in [0.2, 0.25) is 5.75 Å². The van der Waals surface area contributed by atoms with Crippen LogP contribution in [0.2, 0.25) is 0 Å². The van der Waals surface area contributed by atoms with Crippen LogP contribution in [0.4, 0.5) is 0 Å². The van der Waals surface area contributed by atoms with Crippen molar-refractivity contribution >= 4 is 11.9 Å². The summed E-state index contributed by atoms with van der Waals surface area (Å²) in [5.41, 5.74) is 1.69. The molecule has 1 heterocycles. The molecular weight excluding hydrogens is 294 g/mol. The Kier molecular flexibility index (Phi) is 6.04. The largest absolute Gasteiger partial charge is 0.493 e.